The van der Waals surface area contributed by atoms with Crippen LogP contribution in [0, 0.1) is 5.92 Å². The molecule has 0 bridgehead atoms. The number of benzene rings is 1. The van der Waals surface area contributed by atoms with Gasteiger partial charge >= 0.3 is 0 Å². The molecule has 0 aliphatic heterocycles. The van der Waals surface area contributed by atoms with Crippen LogP contribution >= 0.6 is 0 Å². The van der Waals surface area contributed by atoms with Gasteiger partial charge in [0.25, 0.3) is 0 Å². The molecule has 1 rings (SSSR count). The third-order valence-corrected chi connectivity index (χ3v) is 4.53. The lowest BCUT2D eigenvalue weighted by molar-refractivity contribution is -0.118. The van der Waals surface area contributed by atoms with Crippen molar-refractivity contribution in [1.82, 2.24) is 10.6 Å². The van der Waals surface area contributed by atoms with E-state index in [0.717, 1.165) is 43.5 Å². The van der Waals surface area contributed by atoms with E-state index < -0.39 is 5.60 Å². The summed E-state index contributed by atoms with van der Waals surface area (Å²) in [6, 6.07) is 7.72. The van der Waals surface area contributed by atoms with Crippen LogP contribution in [0.15, 0.2) is 29.3 Å². The summed E-state index contributed by atoms with van der Waals surface area (Å²) < 4.78 is 0. The summed E-state index contributed by atoms with van der Waals surface area (Å²) in [6.07, 6.45) is 3.45. The number of amides is 1. The second-order valence-electron chi connectivity index (χ2n) is 7.61. The molecular formula is C22H38N4O2. The first kappa shape index (κ1) is 24.0. The molecule has 0 radical (unpaired) electrons. The molecule has 1 aromatic carbocycles. The number of aliphatic hydroxyl groups is 1. The van der Waals surface area contributed by atoms with Crippen LogP contribution in [0.25, 0.3) is 0 Å². The van der Waals surface area contributed by atoms with Crippen LogP contribution in [0.5, 0.6) is 0 Å². The molecule has 28 heavy (non-hydrogen) atoms. The van der Waals surface area contributed by atoms with Gasteiger partial charge in [0.2, 0.25) is 5.91 Å². The van der Waals surface area contributed by atoms with E-state index in [1.807, 2.05) is 45.0 Å². The number of rotatable bonds is 11. The first-order valence-electron chi connectivity index (χ1n) is 10.5. The van der Waals surface area contributed by atoms with Crippen molar-refractivity contribution in [2.45, 2.75) is 72.4 Å². The molecule has 1 aromatic rings. The SMILES string of the molecule is CCCC(O)(CCC)CNC(=NCc1ccc(NC(=O)C(C)C)cc1)NCC. The topological polar surface area (TPSA) is 85.8 Å². The molecule has 0 unspecified atom stereocenters. The van der Waals surface area contributed by atoms with Crippen molar-refractivity contribution in [2.24, 2.45) is 10.9 Å². The molecule has 0 atom stereocenters. The predicted molar refractivity (Wildman–Crippen MR) is 117 cm³/mol. The average Bonchev–Trinajstić information content (AvgIpc) is 2.65. The normalized spacial score (nSPS) is 12.2. The van der Waals surface area contributed by atoms with E-state index in [9.17, 15) is 9.90 Å². The van der Waals surface area contributed by atoms with Crippen molar-refractivity contribution in [1.29, 1.82) is 0 Å². The van der Waals surface area contributed by atoms with Gasteiger partial charge in [-0.1, -0.05) is 52.7 Å². The highest BCUT2D eigenvalue weighted by Gasteiger charge is 2.24. The zero-order chi connectivity index (χ0) is 21.0. The maximum atomic E-state index is 11.8. The van der Waals surface area contributed by atoms with E-state index in [4.69, 9.17) is 0 Å². The van der Waals surface area contributed by atoms with Gasteiger partial charge < -0.3 is 21.1 Å². The number of carbonyl (C=O) groups excluding carboxylic acids is 1. The number of nitrogens with one attached hydrogen (secondary N) is 3. The van der Waals surface area contributed by atoms with E-state index in [-0.39, 0.29) is 11.8 Å². The van der Waals surface area contributed by atoms with Crippen molar-refractivity contribution in [3.63, 3.8) is 0 Å². The number of aliphatic imine (C=N–C) groups is 1. The highest BCUT2D eigenvalue weighted by Crippen LogP contribution is 2.18. The predicted octanol–water partition coefficient (Wildman–Crippen LogP) is 3.67. The average molecular weight is 391 g/mol. The fourth-order valence-electron chi connectivity index (χ4n) is 2.97. The van der Waals surface area contributed by atoms with Gasteiger partial charge in [-0.15, -0.1) is 0 Å². The smallest absolute Gasteiger partial charge is 0.226 e. The molecular weight excluding hydrogens is 352 g/mol. The fraction of sp³-hybridized carbons (Fsp3) is 0.636. The molecule has 0 aromatic heterocycles. The number of nitrogens with zero attached hydrogens (tertiary/aromatic N) is 1. The Hall–Kier alpha value is -2.08. The monoisotopic (exact) mass is 390 g/mol. The van der Waals surface area contributed by atoms with Gasteiger partial charge in [-0.2, -0.15) is 0 Å². The summed E-state index contributed by atoms with van der Waals surface area (Å²) >= 11 is 0. The van der Waals surface area contributed by atoms with Crippen LogP contribution in [0.3, 0.4) is 0 Å². The summed E-state index contributed by atoms with van der Waals surface area (Å²) in [5.41, 5.74) is 1.15. The standard InChI is InChI=1S/C22H38N4O2/c1-6-13-22(28,14-7-2)16-25-21(23-8-3)24-15-18-9-11-19(12-10-18)26-20(27)17(4)5/h9-12,17,28H,6-8,13-16H2,1-5H3,(H,26,27)(H2,23,24,25). The van der Waals surface area contributed by atoms with E-state index in [1.165, 1.54) is 0 Å². The van der Waals surface area contributed by atoms with Crippen molar-refractivity contribution in [3.8, 4) is 0 Å². The number of guanidine groups is 1. The molecule has 6 heteroatoms. The molecule has 0 fully saturated rings. The molecule has 0 aliphatic carbocycles. The minimum Gasteiger partial charge on any atom is -0.388 e. The van der Waals surface area contributed by atoms with Crippen LogP contribution in [0.4, 0.5) is 5.69 Å². The van der Waals surface area contributed by atoms with E-state index in [1.54, 1.807) is 0 Å². The summed E-state index contributed by atoms with van der Waals surface area (Å²) in [6.45, 7) is 11.7. The van der Waals surface area contributed by atoms with Crippen LogP contribution < -0.4 is 16.0 Å². The Labute approximate surface area is 170 Å². The summed E-state index contributed by atoms with van der Waals surface area (Å²) in [7, 11) is 0. The number of anilines is 1. The Balaban J connectivity index is 2.69. The molecule has 0 heterocycles. The third-order valence-electron chi connectivity index (χ3n) is 4.53. The van der Waals surface area contributed by atoms with Crippen molar-refractivity contribution in [3.05, 3.63) is 29.8 Å². The molecule has 1 amide bonds. The summed E-state index contributed by atoms with van der Waals surface area (Å²) in [5.74, 6) is 0.665. The number of hydrogen-bond donors (Lipinski definition) is 4. The largest absolute Gasteiger partial charge is 0.388 e. The Morgan fingerprint density at radius 3 is 2.18 bits per heavy atom. The zero-order valence-corrected chi connectivity index (χ0v) is 18.1. The van der Waals surface area contributed by atoms with Crippen molar-refractivity contribution < 1.29 is 9.90 Å². The molecule has 158 valence electrons. The minimum absolute atomic E-state index is 0.0102. The van der Waals surface area contributed by atoms with Crippen LogP contribution in [-0.4, -0.2) is 35.7 Å². The summed E-state index contributed by atoms with van der Waals surface area (Å²) in [4.78, 5) is 16.4. The lowest BCUT2D eigenvalue weighted by Crippen LogP contribution is -2.47. The van der Waals surface area contributed by atoms with Gasteiger partial charge in [0.1, 0.15) is 0 Å². The molecule has 0 saturated heterocycles. The molecule has 6 nitrogen and oxygen atoms in total. The van der Waals surface area contributed by atoms with Crippen molar-refractivity contribution in [2.75, 3.05) is 18.4 Å². The Bertz CT molecular complexity index is 605. The fourth-order valence-corrected chi connectivity index (χ4v) is 2.97. The van der Waals surface area contributed by atoms with Gasteiger partial charge in [0.15, 0.2) is 5.96 Å². The lowest BCUT2D eigenvalue weighted by Gasteiger charge is -2.28. The molecule has 0 spiro atoms. The lowest BCUT2D eigenvalue weighted by atomic mass is 9.93. The Morgan fingerprint density at radius 2 is 1.68 bits per heavy atom. The van der Waals surface area contributed by atoms with Gasteiger partial charge in [-0.25, -0.2) is 4.99 Å². The summed E-state index contributed by atoms with van der Waals surface area (Å²) in [5, 5.41) is 20.2. The van der Waals surface area contributed by atoms with E-state index in [2.05, 4.69) is 34.8 Å². The zero-order valence-electron chi connectivity index (χ0n) is 18.1. The first-order valence-corrected chi connectivity index (χ1v) is 10.5. The maximum absolute atomic E-state index is 11.8. The van der Waals surface area contributed by atoms with Gasteiger partial charge in [-0.3, -0.25) is 4.79 Å². The molecule has 0 aliphatic rings. The maximum Gasteiger partial charge on any atom is 0.226 e. The van der Waals surface area contributed by atoms with Gasteiger partial charge in [0, 0.05) is 24.7 Å². The van der Waals surface area contributed by atoms with E-state index in [0.29, 0.717) is 19.0 Å². The Kier molecular flexibility index (Phi) is 10.6. The number of hydrogen-bond acceptors (Lipinski definition) is 3. The highest BCUT2D eigenvalue weighted by atomic mass is 16.3. The third kappa shape index (κ3) is 8.74. The number of carbonyl (C=O) groups is 1. The van der Waals surface area contributed by atoms with Crippen LogP contribution in [0.2, 0.25) is 0 Å². The second-order valence-corrected chi connectivity index (χ2v) is 7.61. The van der Waals surface area contributed by atoms with E-state index >= 15 is 0 Å². The van der Waals surface area contributed by atoms with Gasteiger partial charge in [-0.05, 0) is 37.5 Å². The molecule has 0 saturated carbocycles. The van der Waals surface area contributed by atoms with Crippen molar-refractivity contribution >= 4 is 17.6 Å². The van der Waals surface area contributed by atoms with Gasteiger partial charge in [0.05, 0.1) is 12.1 Å². The van der Waals surface area contributed by atoms with Crippen LogP contribution in [0.1, 0.15) is 65.9 Å². The first-order chi connectivity index (χ1) is 13.3. The quantitative estimate of drug-likeness (QED) is 0.343. The minimum atomic E-state index is -0.698. The van der Waals surface area contributed by atoms with Crippen LogP contribution in [-0.2, 0) is 11.3 Å². The second kappa shape index (κ2) is 12.4. The molecule has 4 N–H and O–H groups in total. The Morgan fingerprint density at radius 1 is 1.07 bits per heavy atom. The highest BCUT2D eigenvalue weighted by molar-refractivity contribution is 5.92.